The lowest BCUT2D eigenvalue weighted by Crippen LogP contribution is -2.55. The molecule has 1 unspecified atom stereocenters. The maximum Gasteiger partial charge on any atom is 0.0738 e. The van der Waals surface area contributed by atoms with Crippen LogP contribution in [0.25, 0.3) is 0 Å². The quantitative estimate of drug-likeness (QED) is 0.625. The Labute approximate surface area is 74.5 Å². The van der Waals surface area contributed by atoms with Crippen LogP contribution in [0.2, 0.25) is 0 Å². The first-order chi connectivity index (χ1) is 5.72. The van der Waals surface area contributed by atoms with E-state index in [0.29, 0.717) is 5.41 Å². The summed E-state index contributed by atoms with van der Waals surface area (Å²) in [5, 5.41) is 10.3. The van der Waals surface area contributed by atoms with Crippen LogP contribution in [0.15, 0.2) is 12.7 Å². The van der Waals surface area contributed by atoms with E-state index < -0.39 is 0 Å². The first-order valence-electron chi connectivity index (χ1n) is 5.06. The van der Waals surface area contributed by atoms with Gasteiger partial charge in [-0.2, -0.15) is 0 Å². The molecule has 2 rings (SSSR count). The van der Waals surface area contributed by atoms with Crippen LogP contribution in [-0.4, -0.2) is 10.7 Å². The minimum absolute atomic E-state index is 0.307. The molecule has 0 bridgehead atoms. The fourth-order valence-electron chi connectivity index (χ4n) is 3.09. The van der Waals surface area contributed by atoms with Gasteiger partial charge in [-0.25, -0.2) is 0 Å². The molecule has 1 atom stereocenters. The first kappa shape index (κ1) is 8.31. The van der Waals surface area contributed by atoms with Crippen molar-refractivity contribution in [2.24, 2.45) is 5.41 Å². The van der Waals surface area contributed by atoms with Gasteiger partial charge in [0.05, 0.1) is 5.60 Å². The molecule has 0 radical (unpaired) electrons. The van der Waals surface area contributed by atoms with Crippen molar-refractivity contribution in [2.45, 2.75) is 50.5 Å². The molecular weight excluding hydrogens is 148 g/mol. The van der Waals surface area contributed by atoms with Crippen LogP contribution < -0.4 is 0 Å². The van der Waals surface area contributed by atoms with Gasteiger partial charge in [-0.05, 0) is 37.5 Å². The molecule has 1 heteroatoms. The summed E-state index contributed by atoms with van der Waals surface area (Å²) in [7, 11) is 0. The fraction of sp³-hybridized carbons (Fsp3) is 0.818. The van der Waals surface area contributed by atoms with Gasteiger partial charge in [-0.15, -0.1) is 6.58 Å². The van der Waals surface area contributed by atoms with Crippen molar-refractivity contribution >= 4 is 0 Å². The number of aliphatic hydroxyl groups is 1. The SMILES string of the molecule is C=CCC1(O)CCC12CCCC2. The van der Waals surface area contributed by atoms with E-state index in [4.69, 9.17) is 0 Å². The van der Waals surface area contributed by atoms with E-state index in [1.165, 1.54) is 32.1 Å². The van der Waals surface area contributed by atoms with Crippen molar-refractivity contribution in [3.63, 3.8) is 0 Å². The molecule has 1 N–H and O–H groups in total. The summed E-state index contributed by atoms with van der Waals surface area (Å²) in [6.07, 6.45) is 10.1. The second-order valence-corrected chi connectivity index (χ2v) is 4.51. The standard InChI is InChI=1S/C11H18O/c1-2-5-11(12)9-8-10(11)6-3-4-7-10/h2,12H,1,3-9H2. The topological polar surface area (TPSA) is 20.2 Å². The molecule has 1 spiro atoms. The van der Waals surface area contributed by atoms with E-state index in [0.717, 1.165) is 12.8 Å². The molecule has 2 aliphatic rings. The van der Waals surface area contributed by atoms with Gasteiger partial charge >= 0.3 is 0 Å². The summed E-state index contributed by atoms with van der Waals surface area (Å²) >= 11 is 0. The van der Waals surface area contributed by atoms with Gasteiger partial charge in [0.1, 0.15) is 0 Å². The minimum atomic E-state index is -0.370. The molecular formula is C11H18O. The lowest BCUT2D eigenvalue weighted by atomic mass is 9.54. The maximum atomic E-state index is 10.3. The van der Waals surface area contributed by atoms with Gasteiger partial charge in [-0.3, -0.25) is 0 Å². The molecule has 0 aliphatic heterocycles. The minimum Gasteiger partial charge on any atom is -0.389 e. The Morgan fingerprint density at radius 3 is 2.25 bits per heavy atom. The molecule has 2 aliphatic carbocycles. The predicted octanol–water partition coefficient (Wildman–Crippen LogP) is 2.65. The predicted molar refractivity (Wildman–Crippen MR) is 49.9 cm³/mol. The molecule has 2 saturated carbocycles. The molecule has 0 heterocycles. The van der Waals surface area contributed by atoms with E-state index >= 15 is 0 Å². The van der Waals surface area contributed by atoms with Crippen LogP contribution in [0.1, 0.15) is 44.9 Å². The molecule has 12 heavy (non-hydrogen) atoms. The largest absolute Gasteiger partial charge is 0.389 e. The number of rotatable bonds is 2. The van der Waals surface area contributed by atoms with Gasteiger partial charge in [-0.1, -0.05) is 18.9 Å². The smallest absolute Gasteiger partial charge is 0.0738 e. The third-order valence-electron chi connectivity index (χ3n) is 4.05. The third-order valence-corrected chi connectivity index (χ3v) is 4.05. The summed E-state index contributed by atoms with van der Waals surface area (Å²) in [4.78, 5) is 0. The van der Waals surface area contributed by atoms with Crippen molar-refractivity contribution in [2.75, 3.05) is 0 Å². The van der Waals surface area contributed by atoms with Crippen LogP contribution in [0.3, 0.4) is 0 Å². The van der Waals surface area contributed by atoms with Gasteiger partial charge in [0.25, 0.3) is 0 Å². The zero-order chi connectivity index (χ0) is 8.66. The Morgan fingerprint density at radius 2 is 1.83 bits per heavy atom. The van der Waals surface area contributed by atoms with Crippen molar-refractivity contribution in [1.82, 2.24) is 0 Å². The molecule has 0 aromatic carbocycles. The monoisotopic (exact) mass is 166 g/mol. The summed E-state index contributed by atoms with van der Waals surface area (Å²) in [5.41, 5.74) is -0.0631. The average Bonchev–Trinajstić information content (AvgIpc) is 2.53. The van der Waals surface area contributed by atoms with Gasteiger partial charge < -0.3 is 5.11 Å². The zero-order valence-electron chi connectivity index (χ0n) is 7.68. The summed E-state index contributed by atoms with van der Waals surface area (Å²) in [6, 6.07) is 0. The van der Waals surface area contributed by atoms with Gasteiger partial charge in [0.15, 0.2) is 0 Å². The van der Waals surface area contributed by atoms with Crippen LogP contribution in [0, 0.1) is 5.41 Å². The number of hydrogen-bond acceptors (Lipinski definition) is 1. The van der Waals surface area contributed by atoms with Crippen LogP contribution >= 0.6 is 0 Å². The van der Waals surface area contributed by atoms with Crippen molar-refractivity contribution < 1.29 is 5.11 Å². The van der Waals surface area contributed by atoms with Crippen LogP contribution in [0.4, 0.5) is 0 Å². The molecule has 1 nitrogen and oxygen atoms in total. The Hall–Kier alpha value is -0.300. The normalized spacial score (nSPS) is 38.1. The molecule has 2 fully saturated rings. The summed E-state index contributed by atoms with van der Waals surface area (Å²) in [6.45, 7) is 3.72. The Balaban J connectivity index is 2.11. The Morgan fingerprint density at radius 1 is 1.17 bits per heavy atom. The second kappa shape index (κ2) is 2.59. The third kappa shape index (κ3) is 0.891. The van der Waals surface area contributed by atoms with Crippen LogP contribution in [0.5, 0.6) is 0 Å². The van der Waals surface area contributed by atoms with Crippen molar-refractivity contribution in [3.05, 3.63) is 12.7 Å². The van der Waals surface area contributed by atoms with E-state index in [-0.39, 0.29) is 5.60 Å². The zero-order valence-corrected chi connectivity index (χ0v) is 7.68. The number of hydrogen-bond donors (Lipinski definition) is 1. The van der Waals surface area contributed by atoms with E-state index in [9.17, 15) is 5.11 Å². The molecule has 0 amide bonds. The van der Waals surface area contributed by atoms with E-state index in [1.54, 1.807) is 0 Å². The maximum absolute atomic E-state index is 10.3. The van der Waals surface area contributed by atoms with E-state index in [1.807, 2.05) is 6.08 Å². The van der Waals surface area contributed by atoms with E-state index in [2.05, 4.69) is 6.58 Å². The summed E-state index contributed by atoms with van der Waals surface area (Å²) in [5.74, 6) is 0. The Kier molecular flexibility index (Phi) is 1.80. The molecule has 0 saturated heterocycles. The van der Waals surface area contributed by atoms with Crippen LogP contribution in [-0.2, 0) is 0 Å². The molecule has 0 aromatic heterocycles. The lowest BCUT2D eigenvalue weighted by Gasteiger charge is -2.54. The van der Waals surface area contributed by atoms with Crippen molar-refractivity contribution in [1.29, 1.82) is 0 Å². The highest BCUT2D eigenvalue weighted by molar-refractivity contribution is 5.11. The highest BCUT2D eigenvalue weighted by Gasteiger charge is 2.57. The van der Waals surface area contributed by atoms with Gasteiger partial charge in [0.2, 0.25) is 0 Å². The Bertz CT molecular complexity index is 191. The molecule has 68 valence electrons. The summed E-state index contributed by atoms with van der Waals surface area (Å²) < 4.78 is 0. The lowest BCUT2D eigenvalue weighted by molar-refractivity contribution is -0.161. The average molecular weight is 166 g/mol. The van der Waals surface area contributed by atoms with Crippen molar-refractivity contribution in [3.8, 4) is 0 Å². The first-order valence-corrected chi connectivity index (χ1v) is 5.06. The molecule has 0 aromatic rings. The fourth-order valence-corrected chi connectivity index (χ4v) is 3.09. The highest BCUT2D eigenvalue weighted by atomic mass is 16.3. The highest BCUT2D eigenvalue weighted by Crippen LogP contribution is 2.60. The second-order valence-electron chi connectivity index (χ2n) is 4.51. The van der Waals surface area contributed by atoms with Gasteiger partial charge in [0, 0.05) is 0 Å².